The number of ether oxygens (including phenoxy) is 2. The van der Waals surface area contributed by atoms with E-state index in [2.05, 4.69) is 18.8 Å². The van der Waals surface area contributed by atoms with Gasteiger partial charge in [0, 0.05) is 23.9 Å². The SMILES string of the molecule is COC(=O)[C@@H]1C[C@@H](c2nc(-c3ccc(Oc4ccccc4)cc3)c3c(Cl)nccn23)C1(C)C. The van der Waals surface area contributed by atoms with Gasteiger partial charge in [-0.3, -0.25) is 9.20 Å². The van der Waals surface area contributed by atoms with E-state index in [1.165, 1.54) is 7.11 Å². The molecule has 0 amide bonds. The lowest BCUT2D eigenvalue weighted by Gasteiger charge is -2.49. The number of fused-ring (bicyclic) bond motifs is 1. The van der Waals surface area contributed by atoms with Crippen LogP contribution in [0.4, 0.5) is 0 Å². The van der Waals surface area contributed by atoms with Crippen LogP contribution in [-0.2, 0) is 9.53 Å². The van der Waals surface area contributed by atoms with Crippen LogP contribution in [0.25, 0.3) is 16.8 Å². The maximum Gasteiger partial charge on any atom is 0.309 e. The van der Waals surface area contributed by atoms with Gasteiger partial charge in [0.1, 0.15) is 22.8 Å². The first-order valence-corrected chi connectivity index (χ1v) is 11.2. The lowest BCUT2D eigenvalue weighted by Crippen LogP contribution is -2.48. The molecule has 2 aromatic carbocycles. The molecule has 6 nitrogen and oxygen atoms in total. The summed E-state index contributed by atoms with van der Waals surface area (Å²) in [5.74, 6) is 2.14. The minimum atomic E-state index is -0.283. The number of hydrogen-bond acceptors (Lipinski definition) is 5. The van der Waals surface area contributed by atoms with Crippen LogP contribution in [0.2, 0.25) is 5.15 Å². The number of hydrogen-bond donors (Lipinski definition) is 0. The third-order valence-electron chi connectivity index (χ3n) is 6.71. The van der Waals surface area contributed by atoms with E-state index in [9.17, 15) is 4.79 Å². The van der Waals surface area contributed by atoms with Crippen molar-refractivity contribution in [3.63, 3.8) is 0 Å². The molecule has 1 aliphatic rings. The smallest absolute Gasteiger partial charge is 0.309 e. The summed E-state index contributed by atoms with van der Waals surface area (Å²) in [7, 11) is 1.44. The predicted molar refractivity (Wildman–Crippen MR) is 127 cm³/mol. The number of rotatable bonds is 5. The van der Waals surface area contributed by atoms with Crippen LogP contribution in [-0.4, -0.2) is 27.4 Å². The average molecular weight is 462 g/mol. The fraction of sp³-hybridized carbons (Fsp3) is 0.269. The Balaban J connectivity index is 1.52. The third-order valence-corrected chi connectivity index (χ3v) is 6.99. The number of methoxy groups -OCH3 is 1. The second-order valence-electron chi connectivity index (χ2n) is 8.88. The summed E-state index contributed by atoms with van der Waals surface area (Å²) in [5.41, 5.74) is 2.14. The predicted octanol–water partition coefficient (Wildman–Crippen LogP) is 6.14. The van der Waals surface area contributed by atoms with Crippen LogP contribution < -0.4 is 4.74 Å². The molecule has 1 fully saturated rings. The Kier molecular flexibility index (Phi) is 5.33. The summed E-state index contributed by atoms with van der Waals surface area (Å²) in [6, 6.07) is 17.4. The normalized spacial score (nSPS) is 19.2. The van der Waals surface area contributed by atoms with Crippen molar-refractivity contribution in [1.29, 1.82) is 0 Å². The quantitative estimate of drug-likeness (QED) is 0.334. The van der Waals surface area contributed by atoms with Gasteiger partial charge in [-0.05, 0) is 48.2 Å². The highest BCUT2D eigenvalue weighted by Crippen LogP contribution is 2.57. The molecule has 0 bridgehead atoms. The Morgan fingerprint density at radius 2 is 1.79 bits per heavy atom. The van der Waals surface area contributed by atoms with E-state index in [1.807, 2.05) is 65.2 Å². The number of carbonyl (C=O) groups is 1. The Hall–Kier alpha value is -3.38. The van der Waals surface area contributed by atoms with Crippen molar-refractivity contribution in [3.8, 4) is 22.8 Å². The van der Waals surface area contributed by atoms with Crippen LogP contribution in [0.1, 0.15) is 32.0 Å². The molecule has 168 valence electrons. The first kappa shape index (κ1) is 21.5. The Labute approximate surface area is 197 Å². The molecule has 2 heterocycles. The highest BCUT2D eigenvalue weighted by Gasteiger charge is 2.54. The zero-order valence-corrected chi connectivity index (χ0v) is 19.4. The molecule has 0 spiro atoms. The van der Waals surface area contributed by atoms with Gasteiger partial charge in [-0.25, -0.2) is 9.97 Å². The molecule has 0 aliphatic heterocycles. The Morgan fingerprint density at radius 1 is 1.09 bits per heavy atom. The van der Waals surface area contributed by atoms with Gasteiger partial charge in [0.2, 0.25) is 0 Å². The second-order valence-corrected chi connectivity index (χ2v) is 9.24. The molecule has 2 aromatic heterocycles. The average Bonchev–Trinajstić information content (AvgIpc) is 3.20. The third kappa shape index (κ3) is 3.64. The van der Waals surface area contributed by atoms with Crippen molar-refractivity contribution in [2.45, 2.75) is 26.2 Å². The molecule has 1 aliphatic carbocycles. The van der Waals surface area contributed by atoms with E-state index < -0.39 is 0 Å². The highest BCUT2D eigenvalue weighted by molar-refractivity contribution is 6.33. The molecule has 4 aromatic rings. The van der Waals surface area contributed by atoms with Gasteiger partial charge in [0.25, 0.3) is 0 Å². The van der Waals surface area contributed by atoms with Gasteiger partial charge in [0.05, 0.1) is 18.7 Å². The van der Waals surface area contributed by atoms with Crippen molar-refractivity contribution < 1.29 is 14.3 Å². The number of benzene rings is 2. The van der Waals surface area contributed by atoms with Crippen LogP contribution in [0.5, 0.6) is 11.5 Å². The number of para-hydroxylation sites is 1. The lowest BCUT2D eigenvalue weighted by atomic mass is 9.54. The van der Waals surface area contributed by atoms with Crippen molar-refractivity contribution in [2.24, 2.45) is 11.3 Å². The largest absolute Gasteiger partial charge is 0.469 e. The minimum absolute atomic E-state index is 0.0852. The highest BCUT2D eigenvalue weighted by atomic mass is 35.5. The first-order chi connectivity index (χ1) is 15.9. The maximum absolute atomic E-state index is 12.2. The number of esters is 1. The monoisotopic (exact) mass is 461 g/mol. The molecule has 0 unspecified atom stereocenters. The summed E-state index contributed by atoms with van der Waals surface area (Å²) in [5, 5.41) is 0.387. The standard InChI is InChI=1S/C26H24ClN3O3/c1-26(2)19(15-20(26)25(31)32-3)24-29-21(22-23(27)28-13-14-30(22)24)16-9-11-18(12-10-16)33-17-7-5-4-6-8-17/h4-14,19-20H,15H2,1-3H3/t19-,20-/m0/s1. The molecule has 0 N–H and O–H groups in total. The molecule has 7 heteroatoms. The lowest BCUT2D eigenvalue weighted by molar-refractivity contribution is -0.158. The van der Waals surface area contributed by atoms with Crippen LogP contribution >= 0.6 is 11.6 Å². The molecule has 33 heavy (non-hydrogen) atoms. The van der Waals surface area contributed by atoms with Crippen LogP contribution in [0.3, 0.4) is 0 Å². The van der Waals surface area contributed by atoms with E-state index in [0.29, 0.717) is 11.6 Å². The molecule has 0 saturated heterocycles. The number of carbonyl (C=O) groups excluding carboxylic acids is 1. The van der Waals surface area contributed by atoms with E-state index in [4.69, 9.17) is 26.1 Å². The molecule has 0 radical (unpaired) electrons. The summed E-state index contributed by atoms with van der Waals surface area (Å²) in [4.78, 5) is 21.5. The number of halogens is 1. The summed E-state index contributed by atoms with van der Waals surface area (Å²) in [6.45, 7) is 4.17. The zero-order chi connectivity index (χ0) is 23.2. The Morgan fingerprint density at radius 3 is 2.45 bits per heavy atom. The number of nitrogens with zero attached hydrogens (tertiary/aromatic N) is 3. The van der Waals surface area contributed by atoms with E-state index >= 15 is 0 Å². The fourth-order valence-electron chi connectivity index (χ4n) is 4.68. The summed E-state index contributed by atoms with van der Waals surface area (Å²) >= 11 is 6.53. The fourth-order valence-corrected chi connectivity index (χ4v) is 4.92. The molecule has 2 atom stereocenters. The van der Waals surface area contributed by atoms with Crippen molar-refractivity contribution in [2.75, 3.05) is 7.11 Å². The van der Waals surface area contributed by atoms with Gasteiger partial charge in [-0.2, -0.15) is 0 Å². The summed E-state index contributed by atoms with van der Waals surface area (Å²) < 4.78 is 12.9. The van der Waals surface area contributed by atoms with Crippen molar-refractivity contribution in [3.05, 3.63) is 78.0 Å². The molecular formula is C26H24ClN3O3. The first-order valence-electron chi connectivity index (χ1n) is 10.8. The van der Waals surface area contributed by atoms with E-state index in [-0.39, 0.29) is 23.2 Å². The number of aromatic nitrogens is 3. The number of imidazole rings is 1. The van der Waals surface area contributed by atoms with Crippen LogP contribution in [0, 0.1) is 11.3 Å². The van der Waals surface area contributed by atoms with Crippen molar-refractivity contribution in [1.82, 2.24) is 14.4 Å². The summed E-state index contributed by atoms with van der Waals surface area (Å²) in [6.07, 6.45) is 4.23. The molecule has 1 saturated carbocycles. The van der Waals surface area contributed by atoms with E-state index in [1.54, 1.807) is 6.20 Å². The van der Waals surface area contributed by atoms with Crippen LogP contribution in [0.15, 0.2) is 67.0 Å². The van der Waals surface area contributed by atoms with Gasteiger partial charge in [-0.1, -0.05) is 43.6 Å². The second kappa shape index (κ2) is 8.19. The van der Waals surface area contributed by atoms with Gasteiger partial charge in [0.15, 0.2) is 5.15 Å². The van der Waals surface area contributed by atoms with Gasteiger partial charge >= 0.3 is 5.97 Å². The minimum Gasteiger partial charge on any atom is -0.469 e. The topological polar surface area (TPSA) is 65.7 Å². The molecule has 5 rings (SSSR count). The van der Waals surface area contributed by atoms with Crippen molar-refractivity contribution >= 4 is 23.1 Å². The van der Waals surface area contributed by atoms with E-state index in [0.717, 1.165) is 34.1 Å². The van der Waals surface area contributed by atoms with Gasteiger partial charge in [-0.15, -0.1) is 0 Å². The molecular weight excluding hydrogens is 438 g/mol. The maximum atomic E-state index is 12.2. The van der Waals surface area contributed by atoms with Gasteiger partial charge < -0.3 is 9.47 Å². The zero-order valence-electron chi connectivity index (χ0n) is 18.7. The Bertz CT molecular complexity index is 1320.